The Morgan fingerprint density at radius 1 is 1.45 bits per heavy atom. The van der Waals surface area contributed by atoms with Crippen molar-refractivity contribution in [2.45, 2.75) is 25.2 Å². The minimum Gasteiger partial charge on any atom is -0.384 e. The van der Waals surface area contributed by atoms with Crippen LogP contribution < -0.4 is 10.6 Å². The summed E-state index contributed by atoms with van der Waals surface area (Å²) in [4.78, 5) is 4.37. The van der Waals surface area contributed by atoms with Gasteiger partial charge in [0.15, 0.2) is 0 Å². The molecule has 2 aromatic rings. The second-order valence-corrected chi connectivity index (χ2v) is 6.36. The second-order valence-electron chi connectivity index (χ2n) is 5.43. The number of rotatable bonds is 6. The molecular weight excluding hydrogens is 266 g/mol. The van der Waals surface area contributed by atoms with Crippen LogP contribution in [0.4, 0.5) is 5.69 Å². The Morgan fingerprint density at radius 2 is 2.35 bits per heavy atom. The molecule has 3 nitrogen and oxygen atoms in total. The lowest BCUT2D eigenvalue weighted by atomic mass is 9.98. The van der Waals surface area contributed by atoms with Crippen molar-refractivity contribution in [3.05, 3.63) is 46.4 Å². The van der Waals surface area contributed by atoms with Crippen molar-refractivity contribution >= 4 is 17.0 Å². The third kappa shape index (κ3) is 3.02. The molecule has 3 rings (SSSR count). The highest BCUT2D eigenvalue weighted by molar-refractivity contribution is 7.09. The van der Waals surface area contributed by atoms with Crippen LogP contribution in [0.3, 0.4) is 0 Å². The summed E-state index contributed by atoms with van der Waals surface area (Å²) < 4.78 is 0. The number of hydrogen-bond donors (Lipinski definition) is 2. The molecule has 1 aromatic heterocycles. The fourth-order valence-electron chi connectivity index (χ4n) is 2.77. The second kappa shape index (κ2) is 6.37. The number of benzene rings is 1. The molecule has 2 atom stereocenters. The maximum atomic E-state index is 4.37. The van der Waals surface area contributed by atoms with Gasteiger partial charge in [-0.25, -0.2) is 4.98 Å². The molecule has 2 heterocycles. The molecule has 1 aliphatic rings. The van der Waals surface area contributed by atoms with Crippen molar-refractivity contribution in [3.63, 3.8) is 0 Å². The van der Waals surface area contributed by atoms with Crippen molar-refractivity contribution in [1.82, 2.24) is 10.3 Å². The van der Waals surface area contributed by atoms with Crippen LogP contribution in [-0.2, 0) is 0 Å². The van der Waals surface area contributed by atoms with Gasteiger partial charge < -0.3 is 10.6 Å². The summed E-state index contributed by atoms with van der Waals surface area (Å²) in [6.45, 7) is 5.38. The fourth-order valence-corrected chi connectivity index (χ4v) is 3.47. The minimum absolute atomic E-state index is 0.504. The molecule has 2 N–H and O–H groups in total. The summed E-state index contributed by atoms with van der Waals surface area (Å²) in [5.41, 5.74) is 2.79. The summed E-state index contributed by atoms with van der Waals surface area (Å²) in [5.74, 6) is 1.15. The number of thiazole rings is 1. The van der Waals surface area contributed by atoms with E-state index in [9.17, 15) is 0 Å². The van der Waals surface area contributed by atoms with Crippen molar-refractivity contribution < 1.29 is 0 Å². The molecular formula is C16H21N3S. The number of hydrogen-bond acceptors (Lipinski definition) is 4. The topological polar surface area (TPSA) is 37.0 Å². The molecule has 0 spiro atoms. The molecule has 2 unspecified atom stereocenters. The lowest BCUT2D eigenvalue weighted by Crippen LogP contribution is -2.23. The molecule has 0 aliphatic carbocycles. The van der Waals surface area contributed by atoms with Gasteiger partial charge in [-0.3, -0.25) is 0 Å². The predicted octanol–water partition coefficient (Wildman–Crippen LogP) is 3.44. The molecule has 20 heavy (non-hydrogen) atoms. The maximum Gasteiger partial charge on any atom is 0.0965 e. The molecule has 1 aliphatic heterocycles. The molecule has 0 radical (unpaired) electrons. The van der Waals surface area contributed by atoms with Gasteiger partial charge in [0.1, 0.15) is 0 Å². The highest BCUT2D eigenvalue weighted by Crippen LogP contribution is 2.32. The smallest absolute Gasteiger partial charge is 0.0965 e. The summed E-state index contributed by atoms with van der Waals surface area (Å²) >= 11 is 1.74. The number of nitrogens with zero attached hydrogens (tertiary/aromatic N) is 1. The normalized spacial score (nSPS) is 18.6. The molecule has 1 aromatic carbocycles. The molecule has 0 amide bonds. The highest BCUT2D eigenvalue weighted by Gasteiger charge is 2.20. The van der Waals surface area contributed by atoms with Crippen LogP contribution in [0.5, 0.6) is 0 Å². The number of anilines is 1. The average Bonchev–Trinajstić information content (AvgIpc) is 3.13. The molecule has 0 saturated carbocycles. The zero-order chi connectivity index (χ0) is 13.8. The van der Waals surface area contributed by atoms with Gasteiger partial charge in [0.25, 0.3) is 0 Å². The SMILES string of the molecule is CC(CNCCC1CNc2ccccc21)c1nccs1. The maximum absolute atomic E-state index is 4.37. The van der Waals surface area contributed by atoms with E-state index in [2.05, 4.69) is 46.8 Å². The van der Waals surface area contributed by atoms with E-state index < -0.39 is 0 Å². The van der Waals surface area contributed by atoms with Gasteiger partial charge in [0.2, 0.25) is 0 Å². The van der Waals surface area contributed by atoms with E-state index in [-0.39, 0.29) is 0 Å². The Labute approximate surface area is 124 Å². The first-order valence-corrected chi connectivity index (χ1v) is 8.15. The number of para-hydroxylation sites is 1. The Balaban J connectivity index is 1.43. The fraction of sp³-hybridized carbons (Fsp3) is 0.438. The van der Waals surface area contributed by atoms with Gasteiger partial charge in [0, 0.05) is 42.2 Å². The van der Waals surface area contributed by atoms with Crippen LogP contribution in [0, 0.1) is 0 Å². The number of aromatic nitrogens is 1. The lowest BCUT2D eigenvalue weighted by Gasteiger charge is -2.13. The summed E-state index contributed by atoms with van der Waals surface area (Å²) in [7, 11) is 0. The Bertz CT molecular complexity index is 538. The van der Waals surface area contributed by atoms with Crippen LogP contribution in [0.1, 0.15) is 35.8 Å². The van der Waals surface area contributed by atoms with E-state index in [4.69, 9.17) is 0 Å². The van der Waals surface area contributed by atoms with Crippen molar-refractivity contribution in [1.29, 1.82) is 0 Å². The monoisotopic (exact) mass is 287 g/mol. The molecule has 106 valence electrons. The largest absolute Gasteiger partial charge is 0.384 e. The molecule has 4 heteroatoms. The molecule has 0 bridgehead atoms. The summed E-state index contributed by atoms with van der Waals surface area (Å²) in [6.07, 6.45) is 3.08. The van der Waals surface area contributed by atoms with Gasteiger partial charge in [-0.2, -0.15) is 0 Å². The van der Waals surface area contributed by atoms with E-state index in [0.717, 1.165) is 19.6 Å². The van der Waals surface area contributed by atoms with Gasteiger partial charge in [-0.05, 0) is 24.6 Å². The van der Waals surface area contributed by atoms with E-state index in [1.54, 1.807) is 11.3 Å². The van der Waals surface area contributed by atoms with Crippen molar-refractivity contribution in [2.24, 2.45) is 0 Å². The number of fused-ring (bicyclic) bond motifs is 1. The molecule has 0 fully saturated rings. The predicted molar refractivity (Wildman–Crippen MR) is 85.7 cm³/mol. The van der Waals surface area contributed by atoms with Crippen LogP contribution in [-0.4, -0.2) is 24.6 Å². The van der Waals surface area contributed by atoms with E-state index in [1.165, 1.54) is 22.7 Å². The van der Waals surface area contributed by atoms with Crippen molar-refractivity contribution in [2.75, 3.05) is 25.0 Å². The van der Waals surface area contributed by atoms with Gasteiger partial charge in [-0.1, -0.05) is 25.1 Å². The quantitative estimate of drug-likeness (QED) is 0.799. The Kier molecular flexibility index (Phi) is 4.33. The first kappa shape index (κ1) is 13.6. The zero-order valence-corrected chi connectivity index (χ0v) is 12.6. The Morgan fingerprint density at radius 3 is 3.20 bits per heavy atom. The van der Waals surface area contributed by atoms with Crippen LogP contribution >= 0.6 is 11.3 Å². The summed E-state index contributed by atoms with van der Waals surface area (Å²) in [5, 5.41) is 10.3. The first-order valence-electron chi connectivity index (χ1n) is 7.27. The zero-order valence-electron chi connectivity index (χ0n) is 11.8. The lowest BCUT2D eigenvalue weighted by molar-refractivity contribution is 0.562. The van der Waals surface area contributed by atoms with E-state index in [0.29, 0.717) is 11.8 Å². The molecule has 0 saturated heterocycles. The van der Waals surface area contributed by atoms with Gasteiger partial charge >= 0.3 is 0 Å². The van der Waals surface area contributed by atoms with Crippen molar-refractivity contribution in [3.8, 4) is 0 Å². The van der Waals surface area contributed by atoms with E-state index in [1.807, 2.05) is 11.6 Å². The van der Waals surface area contributed by atoms with Crippen LogP contribution in [0.2, 0.25) is 0 Å². The van der Waals surface area contributed by atoms with Gasteiger partial charge in [0.05, 0.1) is 5.01 Å². The van der Waals surface area contributed by atoms with Crippen LogP contribution in [0.15, 0.2) is 35.8 Å². The standard InChI is InChI=1S/C16H21N3S/c1-12(16-18-8-9-20-16)10-17-7-6-13-11-19-15-5-3-2-4-14(13)15/h2-5,8-9,12-13,17,19H,6-7,10-11H2,1H3. The van der Waals surface area contributed by atoms with Gasteiger partial charge in [-0.15, -0.1) is 11.3 Å². The number of nitrogens with one attached hydrogen (secondary N) is 2. The third-order valence-electron chi connectivity index (χ3n) is 3.93. The summed E-state index contributed by atoms with van der Waals surface area (Å²) in [6, 6.07) is 8.66. The minimum atomic E-state index is 0.504. The van der Waals surface area contributed by atoms with E-state index >= 15 is 0 Å². The highest BCUT2D eigenvalue weighted by atomic mass is 32.1. The third-order valence-corrected chi connectivity index (χ3v) is 4.94. The average molecular weight is 287 g/mol. The first-order chi connectivity index (χ1) is 9.84. The Hall–Kier alpha value is -1.39. The van der Waals surface area contributed by atoms with Crippen LogP contribution in [0.25, 0.3) is 0 Å².